The van der Waals surface area contributed by atoms with Crippen molar-refractivity contribution in [2.45, 2.75) is 12.6 Å². The van der Waals surface area contributed by atoms with Gasteiger partial charge in [-0.1, -0.05) is 90.5 Å². The monoisotopic (exact) mass is 532 g/mol. The molecule has 0 bridgehead atoms. The quantitative estimate of drug-likeness (QED) is 0.173. The fourth-order valence-electron chi connectivity index (χ4n) is 4.95. The van der Waals surface area contributed by atoms with E-state index < -0.39 is 17.9 Å². The van der Waals surface area contributed by atoms with Crippen molar-refractivity contribution in [2.75, 3.05) is 0 Å². The van der Waals surface area contributed by atoms with Crippen LogP contribution in [0.3, 0.4) is 0 Å². The summed E-state index contributed by atoms with van der Waals surface area (Å²) in [5.41, 5.74) is 2.96. The number of aromatic nitrogens is 1. The minimum Gasteiger partial charge on any atom is -0.478 e. The lowest BCUT2D eigenvalue weighted by molar-refractivity contribution is 0.0639. The summed E-state index contributed by atoms with van der Waals surface area (Å²) in [4.78, 5) is 45.6. The Morgan fingerprint density at radius 2 is 1.41 bits per heavy atom. The third kappa shape index (κ3) is 4.35. The van der Waals surface area contributed by atoms with Crippen molar-refractivity contribution in [3.8, 4) is 5.75 Å². The summed E-state index contributed by atoms with van der Waals surface area (Å²) >= 11 is 6.02. The van der Waals surface area contributed by atoms with Crippen LogP contribution in [0.4, 0.5) is 0 Å². The molecule has 0 radical (unpaired) electrons. The average Bonchev–Trinajstić information content (AvgIpc) is 3.22. The number of aldehydes is 1. The average molecular weight is 533 g/mol. The molecule has 6 rings (SSSR count). The van der Waals surface area contributed by atoms with Gasteiger partial charge in [-0.3, -0.25) is 24.3 Å². The van der Waals surface area contributed by atoms with Crippen molar-refractivity contribution in [1.29, 1.82) is 0 Å². The van der Waals surface area contributed by atoms with Gasteiger partial charge in [0.1, 0.15) is 11.6 Å². The van der Waals surface area contributed by atoms with Gasteiger partial charge in [-0.2, -0.15) is 0 Å². The van der Waals surface area contributed by atoms with E-state index in [-0.39, 0.29) is 29.0 Å². The number of ether oxygens (including phenoxy) is 1. The summed E-state index contributed by atoms with van der Waals surface area (Å²) in [5, 5.41) is 0.987. The standard InChI is InChI=1S/C32H21ClN2O4/c33-23-15-13-20(14-16-23)18-35-31(37)26-25(19-36)24-12-7-17-34-28(24)30(27(26)32(35)38)39-29(21-8-3-1-4-9-21)22-10-5-2-6-11-22/h1-17,19,29H,18H2. The highest BCUT2D eigenvalue weighted by Crippen LogP contribution is 2.42. The van der Waals surface area contributed by atoms with Gasteiger partial charge in [0.2, 0.25) is 0 Å². The Bertz CT molecular complexity index is 1680. The SMILES string of the molecule is O=Cc1c2c(c(OC(c3ccccc3)c3ccccc3)c3ncccc13)C(=O)N(Cc1ccc(Cl)cc1)C2=O. The van der Waals surface area contributed by atoms with Crippen LogP contribution in [-0.2, 0) is 6.54 Å². The van der Waals surface area contributed by atoms with E-state index in [1.165, 1.54) is 0 Å². The zero-order valence-electron chi connectivity index (χ0n) is 20.6. The molecule has 0 aliphatic carbocycles. The Hall–Kier alpha value is -4.81. The van der Waals surface area contributed by atoms with Crippen LogP contribution < -0.4 is 4.74 Å². The topological polar surface area (TPSA) is 76.6 Å². The zero-order chi connectivity index (χ0) is 26.9. The second-order valence-electron chi connectivity index (χ2n) is 9.15. The molecule has 0 spiro atoms. The van der Waals surface area contributed by atoms with Gasteiger partial charge in [-0.15, -0.1) is 0 Å². The summed E-state index contributed by atoms with van der Waals surface area (Å²) in [6.07, 6.45) is 1.58. The predicted molar refractivity (Wildman–Crippen MR) is 148 cm³/mol. The van der Waals surface area contributed by atoms with Gasteiger partial charge >= 0.3 is 0 Å². The van der Waals surface area contributed by atoms with Crippen molar-refractivity contribution in [3.63, 3.8) is 0 Å². The molecule has 1 aromatic heterocycles. The molecular weight excluding hydrogens is 512 g/mol. The fourth-order valence-corrected chi connectivity index (χ4v) is 5.07. The van der Waals surface area contributed by atoms with Crippen molar-refractivity contribution in [1.82, 2.24) is 9.88 Å². The highest BCUT2D eigenvalue weighted by atomic mass is 35.5. The molecule has 190 valence electrons. The van der Waals surface area contributed by atoms with Gasteiger partial charge < -0.3 is 4.74 Å². The van der Waals surface area contributed by atoms with E-state index >= 15 is 0 Å². The van der Waals surface area contributed by atoms with Crippen LogP contribution in [0.2, 0.25) is 5.02 Å². The molecular formula is C32H21ClN2O4. The Kier molecular flexibility index (Phi) is 6.39. The van der Waals surface area contributed by atoms with E-state index in [2.05, 4.69) is 4.98 Å². The first kappa shape index (κ1) is 24.5. The summed E-state index contributed by atoms with van der Waals surface area (Å²) in [6, 6.07) is 29.5. The van der Waals surface area contributed by atoms with Gasteiger partial charge in [0.25, 0.3) is 11.8 Å². The zero-order valence-corrected chi connectivity index (χ0v) is 21.3. The van der Waals surface area contributed by atoms with Crippen LogP contribution in [-0.4, -0.2) is 28.0 Å². The summed E-state index contributed by atoms with van der Waals surface area (Å²) in [6.45, 7) is 0.0197. The number of rotatable bonds is 7. The minimum absolute atomic E-state index is 0.0197. The van der Waals surface area contributed by atoms with E-state index in [4.69, 9.17) is 16.3 Å². The van der Waals surface area contributed by atoms with E-state index in [1.54, 1.807) is 42.6 Å². The summed E-state index contributed by atoms with van der Waals surface area (Å²) in [7, 11) is 0. The summed E-state index contributed by atoms with van der Waals surface area (Å²) in [5.74, 6) is -0.935. The van der Waals surface area contributed by atoms with Gasteiger partial charge in [0, 0.05) is 22.2 Å². The highest BCUT2D eigenvalue weighted by molar-refractivity contribution is 6.30. The number of hydrogen-bond acceptors (Lipinski definition) is 5. The first-order valence-corrected chi connectivity index (χ1v) is 12.7. The maximum absolute atomic E-state index is 13.9. The minimum atomic E-state index is -0.600. The fraction of sp³-hybridized carbons (Fsp3) is 0.0625. The van der Waals surface area contributed by atoms with Gasteiger partial charge in [0.05, 0.1) is 17.7 Å². The maximum atomic E-state index is 13.9. The molecule has 0 unspecified atom stereocenters. The molecule has 6 nitrogen and oxygen atoms in total. The number of nitrogens with zero attached hydrogens (tertiary/aromatic N) is 2. The first-order valence-electron chi connectivity index (χ1n) is 12.3. The summed E-state index contributed by atoms with van der Waals surface area (Å²) < 4.78 is 6.68. The third-order valence-corrected chi connectivity index (χ3v) is 7.04. The number of hydrogen-bond donors (Lipinski definition) is 0. The smallest absolute Gasteiger partial charge is 0.265 e. The van der Waals surface area contributed by atoms with Gasteiger partial charge in [-0.25, -0.2) is 0 Å². The predicted octanol–water partition coefficient (Wildman–Crippen LogP) is 6.67. The largest absolute Gasteiger partial charge is 0.478 e. The number of benzene rings is 4. The molecule has 0 fully saturated rings. The number of fused-ring (bicyclic) bond motifs is 2. The highest BCUT2D eigenvalue weighted by Gasteiger charge is 2.42. The molecule has 0 saturated carbocycles. The molecule has 5 aromatic rings. The van der Waals surface area contributed by atoms with E-state index in [1.807, 2.05) is 60.7 Å². The Morgan fingerprint density at radius 3 is 2.03 bits per heavy atom. The van der Waals surface area contributed by atoms with Crippen molar-refractivity contribution < 1.29 is 19.1 Å². The van der Waals surface area contributed by atoms with E-state index in [0.29, 0.717) is 22.2 Å². The molecule has 2 heterocycles. The molecule has 0 N–H and O–H groups in total. The number of imide groups is 1. The number of halogens is 1. The number of carbonyl (C=O) groups is 3. The Morgan fingerprint density at radius 1 is 0.795 bits per heavy atom. The number of pyridine rings is 1. The molecule has 39 heavy (non-hydrogen) atoms. The second kappa shape index (κ2) is 10.2. The van der Waals surface area contributed by atoms with E-state index in [9.17, 15) is 14.4 Å². The molecule has 1 aliphatic rings. The Balaban J connectivity index is 1.55. The second-order valence-corrected chi connectivity index (χ2v) is 9.59. The Labute approximate surface area is 229 Å². The lowest BCUT2D eigenvalue weighted by atomic mass is 9.96. The van der Waals surface area contributed by atoms with Crippen molar-refractivity contribution in [2.24, 2.45) is 0 Å². The van der Waals surface area contributed by atoms with Crippen LogP contribution in [0.5, 0.6) is 5.75 Å². The van der Waals surface area contributed by atoms with Crippen molar-refractivity contribution >= 4 is 40.6 Å². The molecule has 0 saturated heterocycles. The van der Waals surface area contributed by atoms with Gasteiger partial charge in [0.15, 0.2) is 12.0 Å². The van der Waals surface area contributed by atoms with E-state index in [0.717, 1.165) is 21.6 Å². The molecule has 1 aliphatic heterocycles. The molecule has 4 aromatic carbocycles. The van der Waals surface area contributed by atoms with Crippen molar-refractivity contribution in [3.05, 3.63) is 142 Å². The third-order valence-electron chi connectivity index (χ3n) is 6.79. The molecule has 0 atom stereocenters. The van der Waals surface area contributed by atoms with Gasteiger partial charge in [-0.05, 0) is 34.9 Å². The van der Waals surface area contributed by atoms with Crippen LogP contribution >= 0.6 is 11.6 Å². The first-order chi connectivity index (χ1) is 19.1. The number of amides is 2. The lowest BCUT2D eigenvalue weighted by Gasteiger charge is -2.23. The van der Waals surface area contributed by atoms with Crippen LogP contribution in [0.25, 0.3) is 10.9 Å². The number of carbonyl (C=O) groups excluding carboxylic acids is 3. The molecule has 2 amide bonds. The normalized spacial score (nSPS) is 12.7. The van der Waals surface area contributed by atoms with Crippen LogP contribution in [0.15, 0.2) is 103 Å². The lowest BCUT2D eigenvalue weighted by Crippen LogP contribution is -2.29. The maximum Gasteiger partial charge on any atom is 0.265 e. The molecule has 7 heteroatoms. The van der Waals surface area contributed by atoms with Crippen LogP contribution in [0.1, 0.15) is 53.9 Å². The van der Waals surface area contributed by atoms with Crippen LogP contribution in [0, 0.1) is 0 Å².